The fraction of sp³-hybridized carbons (Fsp3) is 0.909. The molecule has 5 nitrogen and oxygen atoms in total. The Morgan fingerprint density at radius 3 is 2.17 bits per heavy atom. The van der Waals surface area contributed by atoms with E-state index in [2.05, 4.69) is 10.2 Å². The van der Waals surface area contributed by atoms with Crippen LogP contribution in [0.25, 0.3) is 0 Å². The van der Waals surface area contributed by atoms with Crippen molar-refractivity contribution in [1.82, 2.24) is 5.32 Å². The molecule has 0 aromatic rings. The molecule has 0 heterocycles. The number of likely N-dealkylation sites (N-methyl/N-ethyl adjacent to an activating group) is 1. The van der Waals surface area contributed by atoms with Gasteiger partial charge in [-0.25, -0.2) is 0 Å². The quantitative estimate of drug-likeness (QED) is 0.213. The average Bonchev–Trinajstić information content (AvgIpc) is 2.36. The summed E-state index contributed by atoms with van der Waals surface area (Å²) in [6, 6.07) is 0. The zero-order chi connectivity index (χ0) is 13.5. The van der Waals surface area contributed by atoms with Gasteiger partial charge in [-0.3, -0.25) is 0 Å². The van der Waals surface area contributed by atoms with E-state index in [-0.39, 0.29) is 24.9 Å². The first-order valence-corrected chi connectivity index (χ1v) is 11.4. The minimum absolute atomic E-state index is 0.00575. The molecule has 0 aromatic heterocycles. The summed E-state index contributed by atoms with van der Waals surface area (Å²) in [6.07, 6.45) is 0.505. The van der Waals surface area contributed by atoms with Gasteiger partial charge in [0.15, 0.2) is 0 Å². The van der Waals surface area contributed by atoms with E-state index in [9.17, 15) is 4.79 Å². The number of ether oxygens (including phenoxy) is 3. The maximum atomic E-state index is 11.2. The fourth-order valence-electron chi connectivity index (χ4n) is 0.996. The summed E-state index contributed by atoms with van der Waals surface area (Å²) in [4.78, 5) is 13.2. The van der Waals surface area contributed by atoms with Crippen LogP contribution in [-0.2, 0) is 19.0 Å². The Labute approximate surface area is 122 Å². The Kier molecular flexibility index (Phi) is 16.2. The van der Waals surface area contributed by atoms with Crippen molar-refractivity contribution >= 4 is 14.0 Å². The van der Waals surface area contributed by atoms with Gasteiger partial charge in [-0.1, -0.05) is 0 Å². The van der Waals surface area contributed by atoms with E-state index < -0.39 is 0 Å². The van der Waals surface area contributed by atoms with Gasteiger partial charge < -0.3 is 5.32 Å². The van der Waals surface area contributed by atoms with Crippen LogP contribution in [0.15, 0.2) is 0 Å². The molecule has 1 N–H and O–H groups in total. The summed E-state index contributed by atoms with van der Waals surface area (Å²) in [6.45, 7) is 4.34. The van der Waals surface area contributed by atoms with E-state index >= 15 is 0 Å². The Bertz CT molecular complexity index is 198. The van der Waals surface area contributed by atoms with Crippen LogP contribution < -0.4 is 25.1 Å². The third kappa shape index (κ3) is 14.7. The van der Waals surface area contributed by atoms with Crippen LogP contribution in [0.3, 0.4) is 0 Å². The summed E-state index contributed by atoms with van der Waals surface area (Å²) < 4.78 is 15.9. The molecule has 0 saturated carbocycles. The van der Waals surface area contributed by atoms with Gasteiger partial charge in [0.2, 0.25) is 0 Å². The van der Waals surface area contributed by atoms with E-state index in [1.54, 1.807) is 0 Å². The summed E-state index contributed by atoms with van der Waals surface area (Å²) >= 11 is -0.00575. The van der Waals surface area contributed by atoms with Crippen LogP contribution in [0.4, 0.5) is 0 Å². The molecule has 0 atom stereocenters. The molecule has 7 heteroatoms. The molecule has 0 aromatic carbocycles. The van der Waals surface area contributed by atoms with Crippen molar-refractivity contribution in [3.63, 3.8) is 0 Å². The van der Waals surface area contributed by atoms with Crippen molar-refractivity contribution < 1.29 is 38.8 Å². The first kappa shape index (κ1) is 18.6. The van der Waals surface area contributed by atoms with Gasteiger partial charge in [0, 0.05) is 6.54 Å². The second-order valence-electron chi connectivity index (χ2n) is 3.29. The summed E-state index contributed by atoms with van der Waals surface area (Å²) in [5.41, 5.74) is 0. The molecule has 0 aliphatic carbocycles. The van der Waals surface area contributed by atoms with E-state index in [1.165, 1.54) is 8.93 Å². The number of rotatable bonds is 13. The number of halogens is 1. The average molecular weight is 392 g/mol. The van der Waals surface area contributed by atoms with Crippen molar-refractivity contribution in [2.75, 3.05) is 58.2 Å². The number of hydrogen-bond donors (Lipinski definition) is 1. The van der Waals surface area contributed by atoms with Crippen LogP contribution in [0.1, 0.15) is 6.42 Å². The number of hydrogen-bond acceptors (Lipinski definition) is 6. The fourth-order valence-corrected chi connectivity index (χ4v) is 3.46. The summed E-state index contributed by atoms with van der Waals surface area (Å²) in [5.74, 6) is 0. The number of carbonyl (C=O) groups excluding carboxylic acids is 1. The monoisotopic (exact) mass is 392 g/mol. The molecule has 0 spiro atoms. The molecule has 0 unspecified atom stereocenters. The van der Waals surface area contributed by atoms with Crippen LogP contribution in [0, 0.1) is 0 Å². The predicted molar refractivity (Wildman–Crippen MR) is 69.5 cm³/mol. The second kappa shape index (κ2) is 15.6. The number of carbonyl (C=O) groups is 1. The number of alkyl halides is 1. The van der Waals surface area contributed by atoms with Crippen LogP contribution in [0.2, 0.25) is 0 Å². The molecule has 0 bridgehead atoms. The van der Waals surface area contributed by atoms with Crippen LogP contribution >= 0.6 is 8.93 Å². The molecule has 0 fully saturated rings. The first-order valence-electron chi connectivity index (χ1n) is 5.88. The molecule has 110 valence electrons. The minimum atomic E-state index is -0.00575. The van der Waals surface area contributed by atoms with Crippen LogP contribution in [0.5, 0.6) is 0 Å². The summed E-state index contributed by atoms with van der Waals surface area (Å²) in [5, 5.41) is 3.24. The Hall–Kier alpha value is 0.590. The van der Waals surface area contributed by atoms with E-state index in [0.717, 1.165) is 6.54 Å². The van der Waals surface area contributed by atoms with Gasteiger partial charge in [-0.2, -0.15) is 0 Å². The molecular formula is C11H23INO4S-. The van der Waals surface area contributed by atoms with Crippen molar-refractivity contribution in [3.8, 4) is 0 Å². The van der Waals surface area contributed by atoms with E-state index in [0.29, 0.717) is 46.1 Å². The molecule has 18 heavy (non-hydrogen) atoms. The third-order valence-electron chi connectivity index (χ3n) is 1.85. The molecule has 0 aliphatic heterocycles. The molecular weight excluding hydrogens is 369 g/mol. The molecule has 0 saturated heterocycles. The topological polar surface area (TPSA) is 56.8 Å². The molecule has 0 rings (SSSR count). The number of nitrogens with one attached hydrogen (secondary N) is 1. The summed E-state index contributed by atoms with van der Waals surface area (Å²) in [7, 11) is 3.34. The van der Waals surface area contributed by atoms with E-state index in [4.69, 9.17) is 14.2 Å². The van der Waals surface area contributed by atoms with Gasteiger partial charge in [-0.15, -0.1) is 0 Å². The zero-order valence-corrected chi connectivity index (χ0v) is 14.1. The third-order valence-corrected chi connectivity index (χ3v) is 5.18. The van der Waals surface area contributed by atoms with Gasteiger partial charge >= 0.3 is 104 Å². The Morgan fingerprint density at radius 1 is 1.06 bits per heavy atom. The maximum absolute atomic E-state index is 11.2. The van der Waals surface area contributed by atoms with E-state index in [1.807, 2.05) is 7.05 Å². The van der Waals surface area contributed by atoms with Gasteiger partial charge in [0.1, 0.15) is 0 Å². The predicted octanol–water partition coefficient (Wildman–Crippen LogP) is -2.46. The molecule has 0 radical (unpaired) electrons. The first-order chi connectivity index (χ1) is 8.81. The van der Waals surface area contributed by atoms with Crippen molar-refractivity contribution in [2.24, 2.45) is 0 Å². The zero-order valence-electron chi connectivity index (χ0n) is 11.1. The van der Waals surface area contributed by atoms with Gasteiger partial charge in [0.25, 0.3) is 0 Å². The van der Waals surface area contributed by atoms with Crippen molar-refractivity contribution in [3.05, 3.63) is 0 Å². The van der Waals surface area contributed by atoms with Crippen LogP contribution in [-0.4, -0.2) is 63.3 Å². The molecule has 0 amide bonds. The van der Waals surface area contributed by atoms with Gasteiger partial charge in [-0.05, 0) is 7.05 Å². The van der Waals surface area contributed by atoms with Crippen molar-refractivity contribution in [1.29, 1.82) is 0 Å². The normalized spacial score (nSPS) is 11.0. The standard InChI is InChI=1S/C11H23INO4S/c1-12-18-11(14)3-5-15-7-9-17-10-8-16-6-4-13-2/h13H,3-10H2,1-2H3/q-1. The Balaban J connectivity index is 3.01. The molecule has 0 aliphatic rings. The van der Waals surface area contributed by atoms with Gasteiger partial charge in [0.05, 0.1) is 0 Å². The Morgan fingerprint density at radius 2 is 1.61 bits per heavy atom. The van der Waals surface area contributed by atoms with Crippen molar-refractivity contribution in [2.45, 2.75) is 6.42 Å². The SMILES string of the molecule is CNCCOCCOCCOCCC(=O)S[I-]C. The second-order valence-corrected chi connectivity index (χ2v) is 8.18.